The number of halogens is 1. The van der Waals surface area contributed by atoms with Crippen molar-refractivity contribution in [1.82, 2.24) is 9.62 Å². The number of hydrogen-bond acceptors (Lipinski definition) is 3. The van der Waals surface area contributed by atoms with Crippen molar-refractivity contribution in [2.24, 2.45) is 0 Å². The molecule has 1 aromatic carbocycles. The normalized spacial score (nSPS) is 12.1. The molecule has 120 valence electrons. The van der Waals surface area contributed by atoms with Crippen LogP contribution < -0.4 is 5.32 Å². The molecule has 0 atom stereocenters. The van der Waals surface area contributed by atoms with Crippen LogP contribution in [0.25, 0.3) is 0 Å². The minimum absolute atomic E-state index is 0.0747. The van der Waals surface area contributed by atoms with Gasteiger partial charge in [-0.1, -0.05) is 20.8 Å². The van der Waals surface area contributed by atoms with Gasteiger partial charge < -0.3 is 5.32 Å². The molecular formula is C15H25FN2O2S. The maximum absolute atomic E-state index is 14.0. The summed E-state index contributed by atoms with van der Waals surface area (Å²) < 4.78 is 40.8. The highest BCUT2D eigenvalue weighted by atomic mass is 32.2. The molecule has 0 unspecified atom stereocenters. The van der Waals surface area contributed by atoms with Crippen LogP contribution in [0.3, 0.4) is 0 Å². The first kappa shape index (κ1) is 18.1. The van der Waals surface area contributed by atoms with Gasteiger partial charge in [0.2, 0.25) is 10.0 Å². The first-order valence-electron chi connectivity index (χ1n) is 7.38. The van der Waals surface area contributed by atoms with Crippen molar-refractivity contribution in [3.63, 3.8) is 0 Å². The molecule has 1 aromatic rings. The summed E-state index contributed by atoms with van der Waals surface area (Å²) >= 11 is 0. The van der Waals surface area contributed by atoms with Gasteiger partial charge in [0.1, 0.15) is 5.82 Å². The molecule has 0 spiro atoms. The number of rotatable bonds is 8. The van der Waals surface area contributed by atoms with E-state index in [9.17, 15) is 12.8 Å². The standard InChI is InChI=1S/C15H25FN2O2S/c1-5-8-18(7-3)21(19,20)15-10-13(11-17-6-2)9-14(16)12(15)4/h9-10,17H,5-8,11H2,1-4H3. The molecule has 0 heterocycles. The molecule has 0 bridgehead atoms. The Bertz CT molecular complexity index is 573. The summed E-state index contributed by atoms with van der Waals surface area (Å²) in [4.78, 5) is 0.0747. The Balaban J connectivity index is 3.29. The van der Waals surface area contributed by atoms with Gasteiger partial charge in [-0.05, 0) is 37.6 Å². The van der Waals surface area contributed by atoms with Crippen molar-refractivity contribution in [2.75, 3.05) is 19.6 Å². The van der Waals surface area contributed by atoms with E-state index in [-0.39, 0.29) is 10.5 Å². The molecule has 0 saturated carbocycles. The lowest BCUT2D eigenvalue weighted by atomic mass is 10.1. The van der Waals surface area contributed by atoms with Crippen molar-refractivity contribution in [3.8, 4) is 0 Å². The van der Waals surface area contributed by atoms with E-state index in [0.717, 1.165) is 13.0 Å². The number of benzene rings is 1. The fraction of sp³-hybridized carbons (Fsp3) is 0.600. The van der Waals surface area contributed by atoms with Gasteiger partial charge in [-0.3, -0.25) is 0 Å². The van der Waals surface area contributed by atoms with Crippen molar-refractivity contribution >= 4 is 10.0 Å². The van der Waals surface area contributed by atoms with E-state index in [4.69, 9.17) is 0 Å². The second kappa shape index (κ2) is 7.87. The molecule has 0 aliphatic carbocycles. The van der Waals surface area contributed by atoms with Crippen molar-refractivity contribution < 1.29 is 12.8 Å². The van der Waals surface area contributed by atoms with E-state index in [1.165, 1.54) is 17.3 Å². The van der Waals surface area contributed by atoms with E-state index in [1.807, 2.05) is 13.8 Å². The van der Waals surface area contributed by atoms with Crippen molar-refractivity contribution in [3.05, 3.63) is 29.1 Å². The monoisotopic (exact) mass is 316 g/mol. The van der Waals surface area contributed by atoms with E-state index in [1.54, 1.807) is 13.0 Å². The zero-order chi connectivity index (χ0) is 16.0. The summed E-state index contributed by atoms with van der Waals surface area (Å²) in [5.41, 5.74) is 0.830. The maximum atomic E-state index is 14.0. The lowest BCUT2D eigenvalue weighted by Gasteiger charge is -2.21. The lowest BCUT2D eigenvalue weighted by molar-refractivity contribution is 0.426. The van der Waals surface area contributed by atoms with Gasteiger partial charge in [0.15, 0.2) is 0 Å². The Hall–Kier alpha value is -0.980. The van der Waals surface area contributed by atoms with E-state index >= 15 is 0 Å². The highest BCUT2D eigenvalue weighted by Crippen LogP contribution is 2.24. The predicted molar refractivity (Wildman–Crippen MR) is 83.2 cm³/mol. The van der Waals surface area contributed by atoms with Gasteiger partial charge >= 0.3 is 0 Å². The van der Waals surface area contributed by atoms with Gasteiger partial charge in [0.05, 0.1) is 4.90 Å². The molecule has 0 fully saturated rings. The second-order valence-corrected chi connectivity index (χ2v) is 6.88. The van der Waals surface area contributed by atoms with E-state index in [0.29, 0.717) is 25.2 Å². The molecule has 1 rings (SSSR count). The molecule has 0 amide bonds. The van der Waals surface area contributed by atoms with Crippen LogP contribution in [-0.4, -0.2) is 32.4 Å². The van der Waals surface area contributed by atoms with Crippen LogP contribution in [-0.2, 0) is 16.6 Å². The van der Waals surface area contributed by atoms with Crippen LogP contribution in [0.5, 0.6) is 0 Å². The maximum Gasteiger partial charge on any atom is 0.243 e. The van der Waals surface area contributed by atoms with Crippen molar-refractivity contribution in [2.45, 2.75) is 45.6 Å². The largest absolute Gasteiger partial charge is 0.313 e. The Labute approximate surface area is 127 Å². The molecule has 0 aliphatic rings. The Morgan fingerprint density at radius 2 is 1.90 bits per heavy atom. The smallest absolute Gasteiger partial charge is 0.243 e. The topological polar surface area (TPSA) is 49.4 Å². The van der Waals surface area contributed by atoms with Crippen LogP contribution in [0.1, 0.15) is 38.3 Å². The van der Waals surface area contributed by atoms with Crippen molar-refractivity contribution in [1.29, 1.82) is 0 Å². The van der Waals surface area contributed by atoms with E-state index < -0.39 is 15.8 Å². The SMILES string of the molecule is CCCN(CC)S(=O)(=O)c1cc(CNCC)cc(F)c1C. The van der Waals surface area contributed by atoms with Crippen LogP contribution in [0.15, 0.2) is 17.0 Å². The number of nitrogens with zero attached hydrogens (tertiary/aromatic N) is 1. The Morgan fingerprint density at radius 3 is 2.43 bits per heavy atom. The van der Waals surface area contributed by atoms with E-state index in [2.05, 4.69) is 5.32 Å². The molecule has 6 heteroatoms. The molecule has 0 aromatic heterocycles. The average molecular weight is 316 g/mol. The third kappa shape index (κ3) is 4.25. The third-order valence-corrected chi connectivity index (χ3v) is 5.48. The number of hydrogen-bond donors (Lipinski definition) is 1. The quantitative estimate of drug-likeness (QED) is 0.802. The van der Waals surface area contributed by atoms with Crippen LogP contribution in [0.4, 0.5) is 4.39 Å². The third-order valence-electron chi connectivity index (χ3n) is 3.38. The van der Waals surface area contributed by atoms with Gasteiger partial charge in [-0.25, -0.2) is 12.8 Å². The summed E-state index contributed by atoms with van der Waals surface area (Å²) in [7, 11) is -3.65. The molecule has 0 saturated heterocycles. The Kier molecular flexibility index (Phi) is 6.77. The minimum Gasteiger partial charge on any atom is -0.313 e. The molecule has 21 heavy (non-hydrogen) atoms. The summed E-state index contributed by atoms with van der Waals surface area (Å²) in [6.45, 7) is 9.20. The molecule has 1 N–H and O–H groups in total. The molecular weight excluding hydrogens is 291 g/mol. The zero-order valence-corrected chi connectivity index (χ0v) is 14.1. The summed E-state index contributed by atoms with van der Waals surface area (Å²) in [5, 5.41) is 3.08. The van der Waals surface area contributed by atoms with Gasteiger partial charge in [-0.15, -0.1) is 0 Å². The van der Waals surface area contributed by atoms with Gasteiger partial charge in [-0.2, -0.15) is 4.31 Å². The fourth-order valence-electron chi connectivity index (χ4n) is 2.18. The summed E-state index contributed by atoms with van der Waals surface area (Å²) in [6.07, 6.45) is 0.728. The first-order chi connectivity index (χ1) is 9.88. The first-order valence-corrected chi connectivity index (χ1v) is 8.82. The molecule has 4 nitrogen and oxygen atoms in total. The van der Waals surface area contributed by atoms with Gasteiger partial charge in [0.25, 0.3) is 0 Å². The lowest BCUT2D eigenvalue weighted by Crippen LogP contribution is -2.32. The second-order valence-electron chi connectivity index (χ2n) is 4.98. The molecule has 0 radical (unpaired) electrons. The highest BCUT2D eigenvalue weighted by Gasteiger charge is 2.26. The van der Waals surface area contributed by atoms with Crippen LogP contribution >= 0.6 is 0 Å². The average Bonchev–Trinajstić information content (AvgIpc) is 2.45. The fourth-order valence-corrected chi connectivity index (χ4v) is 4.01. The zero-order valence-electron chi connectivity index (χ0n) is 13.2. The number of nitrogens with one attached hydrogen (secondary N) is 1. The molecule has 0 aliphatic heterocycles. The van der Waals surface area contributed by atoms with Crippen LogP contribution in [0.2, 0.25) is 0 Å². The van der Waals surface area contributed by atoms with Crippen LogP contribution in [0, 0.1) is 12.7 Å². The predicted octanol–water partition coefficient (Wildman–Crippen LogP) is 2.66. The number of sulfonamides is 1. The Morgan fingerprint density at radius 1 is 1.24 bits per heavy atom. The highest BCUT2D eigenvalue weighted by molar-refractivity contribution is 7.89. The summed E-state index contributed by atoms with van der Waals surface area (Å²) in [6, 6.07) is 2.97. The van der Waals surface area contributed by atoms with Gasteiger partial charge in [0, 0.05) is 25.2 Å². The minimum atomic E-state index is -3.65. The summed E-state index contributed by atoms with van der Waals surface area (Å²) in [5.74, 6) is -0.475.